The second-order valence-electron chi connectivity index (χ2n) is 6.31. The van der Waals surface area contributed by atoms with Crippen molar-refractivity contribution in [1.82, 2.24) is 14.8 Å². The molecule has 134 valence electrons. The van der Waals surface area contributed by atoms with E-state index in [0.717, 1.165) is 22.9 Å². The van der Waals surface area contributed by atoms with Gasteiger partial charge in [0.2, 0.25) is 5.91 Å². The van der Waals surface area contributed by atoms with Crippen LogP contribution in [0.25, 0.3) is 5.69 Å². The number of aromatic nitrogens is 3. The van der Waals surface area contributed by atoms with Gasteiger partial charge in [-0.05, 0) is 49.4 Å². The van der Waals surface area contributed by atoms with Gasteiger partial charge in [-0.15, -0.1) is 16.6 Å². The van der Waals surface area contributed by atoms with Gasteiger partial charge >= 0.3 is 0 Å². The van der Waals surface area contributed by atoms with Gasteiger partial charge in [-0.2, -0.15) is 0 Å². The normalized spacial score (nSPS) is 15.4. The lowest BCUT2D eigenvalue weighted by molar-refractivity contribution is 0.100. The minimum Gasteiger partial charge on any atom is -0.366 e. The quantitative estimate of drug-likeness (QED) is 0.696. The Hall–Kier alpha value is -3.30. The molecule has 2 N–H and O–H groups in total. The molecule has 3 aromatic rings. The van der Waals surface area contributed by atoms with Gasteiger partial charge in [0.25, 0.3) is 0 Å². The van der Waals surface area contributed by atoms with Crippen molar-refractivity contribution in [2.45, 2.75) is 12.8 Å². The summed E-state index contributed by atoms with van der Waals surface area (Å²) >= 11 is 6.05. The molecule has 27 heavy (non-hydrogen) atoms. The van der Waals surface area contributed by atoms with Crippen molar-refractivity contribution >= 4 is 28.9 Å². The molecule has 1 aromatic heterocycles. The highest BCUT2D eigenvalue weighted by molar-refractivity contribution is 6.30. The van der Waals surface area contributed by atoms with Crippen LogP contribution >= 0.6 is 11.6 Å². The number of primary amides is 1. The van der Waals surface area contributed by atoms with Crippen LogP contribution in [-0.2, 0) is 0 Å². The Balaban J connectivity index is 2.00. The molecule has 0 spiro atoms. The first-order valence-corrected chi connectivity index (χ1v) is 8.72. The maximum absolute atomic E-state index is 11.8. The summed E-state index contributed by atoms with van der Waals surface area (Å²) in [7, 11) is 0. The molecule has 6 nitrogen and oxygen atoms in total. The Morgan fingerprint density at radius 1 is 1.22 bits per heavy atom. The molecular formula is C20H16ClN5O. The summed E-state index contributed by atoms with van der Waals surface area (Å²) in [6.07, 6.45) is 5.82. The number of aryl methyl sites for hydroxylation is 1. The van der Waals surface area contributed by atoms with Gasteiger partial charge in [-0.1, -0.05) is 17.5 Å². The molecule has 0 saturated carbocycles. The number of nitrogens with two attached hydrogens (primary N) is 1. The fourth-order valence-corrected chi connectivity index (χ4v) is 3.47. The number of carbonyl (C=O) groups excluding carboxylic acids is 1. The van der Waals surface area contributed by atoms with Crippen LogP contribution in [0.15, 0.2) is 42.5 Å². The summed E-state index contributed by atoms with van der Waals surface area (Å²) < 4.78 is 1.93. The van der Waals surface area contributed by atoms with Crippen LogP contribution in [0.1, 0.15) is 27.9 Å². The van der Waals surface area contributed by atoms with Crippen LogP contribution in [0.2, 0.25) is 5.02 Å². The number of nitrogens with zero attached hydrogens (tertiary/aromatic N) is 4. The Morgan fingerprint density at radius 3 is 2.63 bits per heavy atom. The SMILES string of the molecule is C#CC1CN(c2ccc(Cl)cc2)c2cc(C(N)=O)ccc2-n2c(C)nnc21. The molecule has 1 unspecified atom stereocenters. The molecule has 0 fully saturated rings. The maximum Gasteiger partial charge on any atom is 0.248 e. The van der Waals surface area contributed by atoms with E-state index < -0.39 is 5.91 Å². The highest BCUT2D eigenvalue weighted by Crippen LogP contribution is 2.38. The van der Waals surface area contributed by atoms with E-state index in [4.69, 9.17) is 23.8 Å². The zero-order valence-corrected chi connectivity index (χ0v) is 15.3. The number of terminal acetylenes is 1. The van der Waals surface area contributed by atoms with E-state index >= 15 is 0 Å². The fraction of sp³-hybridized carbons (Fsp3) is 0.150. The third kappa shape index (κ3) is 2.82. The van der Waals surface area contributed by atoms with Crippen LogP contribution in [0.3, 0.4) is 0 Å². The summed E-state index contributed by atoms with van der Waals surface area (Å²) in [6.45, 7) is 2.35. The topological polar surface area (TPSA) is 77.0 Å². The van der Waals surface area contributed by atoms with E-state index in [-0.39, 0.29) is 5.92 Å². The predicted molar refractivity (Wildman–Crippen MR) is 105 cm³/mol. The van der Waals surface area contributed by atoms with Gasteiger partial charge in [-0.25, -0.2) is 0 Å². The first-order valence-electron chi connectivity index (χ1n) is 8.35. The van der Waals surface area contributed by atoms with Gasteiger partial charge in [-0.3, -0.25) is 9.36 Å². The second kappa shape index (κ2) is 6.45. The number of rotatable bonds is 2. The van der Waals surface area contributed by atoms with Crippen molar-refractivity contribution in [1.29, 1.82) is 0 Å². The first-order chi connectivity index (χ1) is 13.0. The minimum atomic E-state index is -0.493. The van der Waals surface area contributed by atoms with Crippen molar-refractivity contribution in [3.05, 3.63) is 64.7 Å². The molecule has 1 aliphatic rings. The number of halogens is 1. The molecule has 1 atom stereocenters. The lowest BCUT2D eigenvalue weighted by atomic mass is 10.1. The number of benzene rings is 2. The monoisotopic (exact) mass is 377 g/mol. The smallest absolute Gasteiger partial charge is 0.248 e. The Bertz CT molecular complexity index is 1080. The highest BCUT2D eigenvalue weighted by atomic mass is 35.5. The second-order valence-corrected chi connectivity index (χ2v) is 6.75. The van der Waals surface area contributed by atoms with Crippen molar-refractivity contribution in [2.24, 2.45) is 5.73 Å². The van der Waals surface area contributed by atoms with Crippen LogP contribution in [0.4, 0.5) is 11.4 Å². The van der Waals surface area contributed by atoms with E-state index in [0.29, 0.717) is 23.0 Å². The van der Waals surface area contributed by atoms with Crippen LogP contribution in [-0.4, -0.2) is 27.2 Å². The maximum atomic E-state index is 11.8. The molecule has 1 amide bonds. The lowest BCUT2D eigenvalue weighted by Gasteiger charge is -2.26. The lowest BCUT2D eigenvalue weighted by Crippen LogP contribution is -2.23. The third-order valence-corrected chi connectivity index (χ3v) is 4.91. The number of hydrogen-bond donors (Lipinski definition) is 1. The summed E-state index contributed by atoms with van der Waals surface area (Å²) in [4.78, 5) is 13.8. The van der Waals surface area contributed by atoms with E-state index in [1.165, 1.54) is 0 Å². The van der Waals surface area contributed by atoms with Crippen LogP contribution in [0.5, 0.6) is 0 Å². The Morgan fingerprint density at radius 2 is 1.96 bits per heavy atom. The van der Waals surface area contributed by atoms with Gasteiger partial charge < -0.3 is 10.6 Å². The first kappa shape index (κ1) is 17.1. The average Bonchev–Trinajstić information content (AvgIpc) is 2.97. The minimum absolute atomic E-state index is 0.286. The van der Waals surface area contributed by atoms with Gasteiger partial charge in [0.15, 0.2) is 5.82 Å². The number of carbonyl (C=O) groups is 1. The fourth-order valence-electron chi connectivity index (χ4n) is 3.34. The summed E-state index contributed by atoms with van der Waals surface area (Å²) in [5, 5.41) is 9.13. The number of hydrogen-bond acceptors (Lipinski definition) is 4. The van der Waals surface area contributed by atoms with E-state index in [9.17, 15) is 4.79 Å². The molecule has 7 heteroatoms. The van der Waals surface area contributed by atoms with E-state index in [2.05, 4.69) is 21.0 Å². The molecule has 4 rings (SSSR count). The molecule has 0 radical (unpaired) electrons. The molecule has 0 aliphatic carbocycles. The number of anilines is 2. The standard InChI is InChI=1S/C20H16ClN5O/c1-3-13-11-25(16-7-5-15(21)6-8-16)18-10-14(19(22)27)4-9-17(18)26-12(2)23-24-20(13)26/h1,4-10,13H,11H2,2H3,(H2,22,27). The van der Waals surface area contributed by atoms with Crippen molar-refractivity contribution < 1.29 is 4.79 Å². The van der Waals surface area contributed by atoms with E-state index in [1.54, 1.807) is 12.1 Å². The van der Waals surface area contributed by atoms with Crippen LogP contribution in [0, 0.1) is 19.3 Å². The van der Waals surface area contributed by atoms with Crippen molar-refractivity contribution in [3.8, 4) is 18.0 Å². The van der Waals surface area contributed by atoms with Gasteiger partial charge in [0.1, 0.15) is 5.82 Å². The molecule has 0 saturated heterocycles. The zero-order valence-electron chi connectivity index (χ0n) is 14.6. The van der Waals surface area contributed by atoms with Crippen molar-refractivity contribution in [3.63, 3.8) is 0 Å². The Labute approximate surface area is 161 Å². The summed E-state index contributed by atoms with van der Waals surface area (Å²) in [6, 6.07) is 12.8. The van der Waals surface area contributed by atoms with Crippen LogP contribution < -0.4 is 10.6 Å². The zero-order chi connectivity index (χ0) is 19.1. The third-order valence-electron chi connectivity index (χ3n) is 4.66. The van der Waals surface area contributed by atoms with Gasteiger partial charge in [0, 0.05) is 22.8 Å². The molecule has 1 aliphatic heterocycles. The molecule has 0 bridgehead atoms. The summed E-state index contributed by atoms with van der Waals surface area (Å²) in [5.41, 5.74) is 8.47. The molecule has 2 heterocycles. The predicted octanol–water partition coefficient (Wildman–Crippen LogP) is 3.20. The Kier molecular flexibility index (Phi) is 4.09. The molecule has 2 aromatic carbocycles. The van der Waals surface area contributed by atoms with E-state index in [1.807, 2.05) is 41.8 Å². The summed E-state index contributed by atoms with van der Waals surface area (Å²) in [5.74, 6) is 3.45. The average molecular weight is 378 g/mol. The molecular weight excluding hydrogens is 362 g/mol. The number of fused-ring (bicyclic) bond motifs is 3. The van der Waals surface area contributed by atoms with Crippen molar-refractivity contribution in [2.75, 3.05) is 11.4 Å². The van der Waals surface area contributed by atoms with Gasteiger partial charge in [0.05, 0.1) is 17.3 Å². The number of amides is 1. The largest absolute Gasteiger partial charge is 0.366 e. The highest BCUT2D eigenvalue weighted by Gasteiger charge is 2.30.